The van der Waals surface area contributed by atoms with Crippen LogP contribution in [-0.4, -0.2) is 17.5 Å². The van der Waals surface area contributed by atoms with Crippen molar-refractivity contribution < 1.29 is 14.3 Å². The Morgan fingerprint density at radius 3 is 2.38 bits per heavy atom. The summed E-state index contributed by atoms with van der Waals surface area (Å²) in [4.78, 5) is 24.6. The van der Waals surface area contributed by atoms with Gasteiger partial charge < -0.3 is 4.74 Å². The van der Waals surface area contributed by atoms with Crippen LogP contribution in [-0.2, 0) is 16.0 Å². The molecule has 1 amide bonds. The molecule has 1 aromatic carbocycles. The van der Waals surface area contributed by atoms with Gasteiger partial charge in [0.15, 0.2) is 0 Å². The van der Waals surface area contributed by atoms with Crippen LogP contribution in [0.1, 0.15) is 71.4 Å². The molecule has 2 rings (SSSR count). The third kappa shape index (κ3) is 4.83. The third-order valence-electron chi connectivity index (χ3n) is 4.46. The summed E-state index contributed by atoms with van der Waals surface area (Å²) in [5.41, 5.74) is 1.92. The minimum atomic E-state index is -0.558. The summed E-state index contributed by atoms with van der Waals surface area (Å²) < 4.78 is 5.35. The van der Waals surface area contributed by atoms with Crippen molar-refractivity contribution in [1.82, 2.24) is 0 Å². The number of Topliss-reactive ketones (excluding diaryl/α,β-unsaturated/α-hetero) is 1. The molecule has 0 unspecified atom stereocenters. The van der Waals surface area contributed by atoms with E-state index in [-0.39, 0.29) is 11.2 Å². The van der Waals surface area contributed by atoms with Gasteiger partial charge in [-0.1, -0.05) is 32.9 Å². The zero-order valence-electron chi connectivity index (χ0n) is 15.7. The molecule has 0 aromatic heterocycles. The molecule has 0 radical (unpaired) electrons. The molecule has 24 heavy (non-hydrogen) atoms. The molecule has 1 saturated carbocycles. The van der Waals surface area contributed by atoms with E-state index in [4.69, 9.17) is 4.74 Å². The molecule has 0 bridgehead atoms. The van der Waals surface area contributed by atoms with Gasteiger partial charge in [-0.25, -0.2) is 4.79 Å². The van der Waals surface area contributed by atoms with Gasteiger partial charge in [0.05, 0.1) is 0 Å². The van der Waals surface area contributed by atoms with Crippen molar-refractivity contribution in [3.63, 3.8) is 0 Å². The molecule has 132 valence electrons. The summed E-state index contributed by atoms with van der Waals surface area (Å²) in [7, 11) is 0. The van der Waals surface area contributed by atoms with Crippen LogP contribution in [0.5, 0.6) is 0 Å². The molecule has 0 spiro atoms. The summed E-state index contributed by atoms with van der Waals surface area (Å²) in [5, 5.41) is 2.83. The molecule has 4 nitrogen and oxygen atoms in total. The van der Waals surface area contributed by atoms with E-state index in [0.29, 0.717) is 18.0 Å². The fourth-order valence-electron chi connectivity index (χ4n) is 2.49. The lowest BCUT2D eigenvalue weighted by Gasteiger charge is -2.21. The van der Waals surface area contributed by atoms with Crippen LogP contribution in [0.25, 0.3) is 0 Å². The van der Waals surface area contributed by atoms with Crippen molar-refractivity contribution in [2.45, 2.75) is 72.3 Å². The Kier molecular flexibility index (Phi) is 5.07. The number of ether oxygens (including phenoxy) is 1. The Morgan fingerprint density at radius 1 is 1.25 bits per heavy atom. The van der Waals surface area contributed by atoms with Gasteiger partial charge in [0, 0.05) is 17.5 Å². The smallest absolute Gasteiger partial charge is 0.412 e. The van der Waals surface area contributed by atoms with Crippen molar-refractivity contribution in [2.24, 2.45) is 5.41 Å². The molecule has 4 heteroatoms. The second-order valence-electron chi connectivity index (χ2n) is 8.36. The van der Waals surface area contributed by atoms with Crippen LogP contribution in [0.2, 0.25) is 0 Å². The van der Waals surface area contributed by atoms with E-state index in [0.717, 1.165) is 24.0 Å². The van der Waals surface area contributed by atoms with Crippen LogP contribution in [0.15, 0.2) is 18.2 Å². The number of benzene rings is 1. The lowest BCUT2D eigenvalue weighted by molar-refractivity contribution is -0.122. The first-order valence-electron chi connectivity index (χ1n) is 8.66. The lowest BCUT2D eigenvalue weighted by Crippen LogP contribution is -2.27. The maximum atomic E-state index is 12.4. The maximum Gasteiger partial charge on any atom is 0.412 e. The largest absolute Gasteiger partial charge is 0.444 e. The fraction of sp³-hybridized carbons (Fsp3) is 0.600. The van der Waals surface area contributed by atoms with E-state index < -0.39 is 11.7 Å². The third-order valence-corrected chi connectivity index (χ3v) is 4.46. The van der Waals surface area contributed by atoms with Gasteiger partial charge in [-0.2, -0.15) is 0 Å². The standard InChI is InChI=1S/C20H29NO3/c1-13(2)14-7-8-15(12-17(22)20(6)9-10-20)16(11-14)21-18(23)24-19(3,4)5/h7-8,11,13H,9-10,12H2,1-6H3,(H,21,23). The van der Waals surface area contributed by atoms with E-state index >= 15 is 0 Å². The number of carbonyl (C=O) groups excluding carboxylic acids is 2. The first-order valence-corrected chi connectivity index (χ1v) is 8.66. The highest BCUT2D eigenvalue weighted by molar-refractivity contribution is 5.92. The van der Waals surface area contributed by atoms with Gasteiger partial charge in [0.1, 0.15) is 11.4 Å². The number of rotatable bonds is 5. The van der Waals surface area contributed by atoms with E-state index in [9.17, 15) is 9.59 Å². The highest BCUT2D eigenvalue weighted by atomic mass is 16.6. The molecule has 0 aliphatic heterocycles. The molecule has 1 aliphatic rings. The predicted molar refractivity (Wildman–Crippen MR) is 96.4 cm³/mol. The summed E-state index contributed by atoms with van der Waals surface area (Å²) in [5.74, 6) is 0.585. The normalized spacial score (nSPS) is 16.0. The molecule has 0 atom stereocenters. The molecule has 1 aliphatic carbocycles. The number of anilines is 1. The molecule has 1 N–H and O–H groups in total. The molecular formula is C20H29NO3. The molecule has 0 heterocycles. The van der Waals surface area contributed by atoms with Crippen LogP contribution >= 0.6 is 0 Å². The summed E-state index contributed by atoms with van der Waals surface area (Å²) in [6.07, 6.45) is 1.78. The van der Waals surface area contributed by atoms with Gasteiger partial charge in [0.2, 0.25) is 0 Å². The summed E-state index contributed by atoms with van der Waals surface area (Å²) >= 11 is 0. The van der Waals surface area contributed by atoms with Crippen LogP contribution < -0.4 is 5.32 Å². The topological polar surface area (TPSA) is 55.4 Å². The molecular weight excluding hydrogens is 302 g/mol. The van der Waals surface area contributed by atoms with Crippen LogP contribution in [0.4, 0.5) is 10.5 Å². The second kappa shape index (κ2) is 6.58. The average Bonchev–Trinajstić information content (AvgIpc) is 3.17. The minimum Gasteiger partial charge on any atom is -0.444 e. The van der Waals surface area contributed by atoms with Gasteiger partial charge in [-0.05, 0) is 56.7 Å². The quantitative estimate of drug-likeness (QED) is 0.819. The lowest BCUT2D eigenvalue weighted by atomic mass is 9.93. The van der Waals surface area contributed by atoms with E-state index in [2.05, 4.69) is 19.2 Å². The number of carbonyl (C=O) groups is 2. The van der Waals surface area contributed by atoms with Crippen LogP contribution in [0.3, 0.4) is 0 Å². The number of hydrogen-bond acceptors (Lipinski definition) is 3. The molecule has 1 aromatic rings. The van der Waals surface area contributed by atoms with E-state index in [1.165, 1.54) is 0 Å². The first-order chi connectivity index (χ1) is 11.0. The van der Waals surface area contributed by atoms with Crippen LogP contribution in [0, 0.1) is 5.41 Å². The predicted octanol–water partition coefficient (Wildman–Crippen LogP) is 5.07. The highest BCUT2D eigenvalue weighted by Gasteiger charge is 2.44. The maximum absolute atomic E-state index is 12.4. The second-order valence-corrected chi connectivity index (χ2v) is 8.36. The minimum absolute atomic E-state index is 0.167. The van der Waals surface area contributed by atoms with Crippen molar-refractivity contribution in [3.8, 4) is 0 Å². The average molecular weight is 331 g/mol. The summed E-state index contributed by atoms with van der Waals surface area (Å²) in [6, 6.07) is 5.93. The zero-order chi connectivity index (χ0) is 18.1. The van der Waals surface area contributed by atoms with Gasteiger partial charge in [0.25, 0.3) is 0 Å². The van der Waals surface area contributed by atoms with Gasteiger partial charge >= 0.3 is 6.09 Å². The zero-order valence-corrected chi connectivity index (χ0v) is 15.7. The number of ketones is 1. The Balaban J connectivity index is 2.22. The van der Waals surface area contributed by atoms with E-state index in [1.807, 2.05) is 45.9 Å². The molecule has 1 fully saturated rings. The molecule has 0 saturated heterocycles. The summed E-state index contributed by atoms with van der Waals surface area (Å²) in [6.45, 7) is 11.7. The first kappa shape index (κ1) is 18.5. The number of nitrogens with one attached hydrogen (secondary N) is 1. The van der Waals surface area contributed by atoms with Crippen molar-refractivity contribution >= 4 is 17.6 Å². The Labute approximate surface area is 145 Å². The Morgan fingerprint density at radius 2 is 1.88 bits per heavy atom. The van der Waals surface area contributed by atoms with E-state index in [1.54, 1.807) is 0 Å². The van der Waals surface area contributed by atoms with Gasteiger partial charge in [-0.15, -0.1) is 0 Å². The van der Waals surface area contributed by atoms with Crippen molar-refractivity contribution in [3.05, 3.63) is 29.3 Å². The Bertz CT molecular complexity index is 637. The monoisotopic (exact) mass is 331 g/mol. The highest BCUT2D eigenvalue weighted by Crippen LogP contribution is 2.46. The van der Waals surface area contributed by atoms with Gasteiger partial charge in [-0.3, -0.25) is 10.1 Å². The SMILES string of the molecule is CC(C)c1ccc(CC(=O)C2(C)CC2)c(NC(=O)OC(C)(C)C)c1. The number of amides is 1. The fourth-order valence-corrected chi connectivity index (χ4v) is 2.49. The Hall–Kier alpha value is -1.84. The van der Waals surface area contributed by atoms with Crippen molar-refractivity contribution in [2.75, 3.05) is 5.32 Å². The van der Waals surface area contributed by atoms with Crippen molar-refractivity contribution in [1.29, 1.82) is 0 Å². The number of hydrogen-bond donors (Lipinski definition) is 1.